The summed E-state index contributed by atoms with van der Waals surface area (Å²) < 4.78 is 0. The maximum Gasteiger partial charge on any atom is 0.210 e. The lowest BCUT2D eigenvalue weighted by molar-refractivity contribution is -0.113. The highest BCUT2D eigenvalue weighted by atomic mass is 16.7. The van der Waals surface area contributed by atoms with Crippen LogP contribution in [-0.2, 0) is 4.84 Å². The van der Waals surface area contributed by atoms with Gasteiger partial charge in [0.1, 0.15) is 5.84 Å². The Morgan fingerprint density at radius 2 is 1.79 bits per heavy atom. The number of nitrogens with zero attached hydrogens (tertiary/aromatic N) is 2. The topological polar surface area (TPSA) is 24.8 Å². The average molecular weight is 198 g/mol. The average Bonchev–Trinajstić information content (AvgIpc) is 2.52. The lowest BCUT2D eigenvalue weighted by Gasteiger charge is -2.37. The van der Waals surface area contributed by atoms with Crippen LogP contribution in [0.15, 0.2) is 5.16 Å². The Bertz CT molecular complexity index is 207. The fraction of sp³-hybridized carbons (Fsp3) is 0.909. The highest BCUT2D eigenvalue weighted by Crippen LogP contribution is 2.37. The molecule has 0 radical (unpaired) electrons. The molecule has 1 saturated carbocycles. The predicted molar refractivity (Wildman–Crippen MR) is 59.1 cm³/mol. The van der Waals surface area contributed by atoms with Crippen molar-refractivity contribution in [1.82, 2.24) is 4.90 Å². The van der Waals surface area contributed by atoms with Crippen molar-refractivity contribution in [3.05, 3.63) is 0 Å². The normalized spacial score (nSPS) is 23.7. The Morgan fingerprint density at radius 3 is 2.21 bits per heavy atom. The quantitative estimate of drug-likeness (QED) is 0.598. The Kier molecular flexibility index (Phi) is 3.78. The summed E-state index contributed by atoms with van der Waals surface area (Å²) in [7, 11) is 2.08. The van der Waals surface area contributed by atoms with Gasteiger partial charge >= 0.3 is 0 Å². The van der Waals surface area contributed by atoms with E-state index in [1.165, 1.54) is 19.3 Å². The Hall–Kier alpha value is -0.730. The van der Waals surface area contributed by atoms with Crippen molar-refractivity contribution in [3.8, 4) is 0 Å². The maximum absolute atomic E-state index is 5.52. The van der Waals surface area contributed by atoms with Gasteiger partial charge in [0.2, 0.25) is 5.72 Å². The van der Waals surface area contributed by atoms with Crippen LogP contribution < -0.4 is 0 Å². The van der Waals surface area contributed by atoms with E-state index in [4.69, 9.17) is 4.84 Å². The molecule has 0 unspecified atom stereocenters. The zero-order valence-electron chi connectivity index (χ0n) is 9.84. The Balaban J connectivity index is 0.000000461. The van der Waals surface area contributed by atoms with Crippen LogP contribution in [0.2, 0.25) is 0 Å². The van der Waals surface area contributed by atoms with E-state index in [9.17, 15) is 0 Å². The van der Waals surface area contributed by atoms with Crippen LogP contribution in [0.4, 0.5) is 0 Å². The fourth-order valence-corrected chi connectivity index (χ4v) is 2.10. The van der Waals surface area contributed by atoms with Crippen molar-refractivity contribution in [1.29, 1.82) is 0 Å². The molecule has 0 N–H and O–H groups in total. The summed E-state index contributed by atoms with van der Waals surface area (Å²) in [6.45, 7) is 6.00. The van der Waals surface area contributed by atoms with Gasteiger partial charge in [-0.05, 0) is 19.8 Å². The SMILES string of the molecule is CC.CC1=NOC2(CCCCC2)N1C. The van der Waals surface area contributed by atoms with Crippen molar-refractivity contribution in [2.24, 2.45) is 5.16 Å². The van der Waals surface area contributed by atoms with E-state index in [0.29, 0.717) is 0 Å². The number of oxime groups is 1. The monoisotopic (exact) mass is 198 g/mol. The molecule has 2 rings (SSSR count). The second-order valence-corrected chi connectivity index (χ2v) is 3.80. The third-order valence-corrected chi connectivity index (χ3v) is 3.08. The van der Waals surface area contributed by atoms with Crippen molar-refractivity contribution in [3.63, 3.8) is 0 Å². The molecule has 82 valence electrons. The van der Waals surface area contributed by atoms with E-state index < -0.39 is 0 Å². The standard InChI is InChI=1S/C9H16N2O.C2H6/c1-8-10-12-9(11(8)2)6-4-3-5-7-9;1-2/h3-7H2,1-2H3;1-2H3. The number of hydrogen-bond donors (Lipinski definition) is 0. The molecule has 14 heavy (non-hydrogen) atoms. The Labute approximate surface area is 87.1 Å². The van der Waals surface area contributed by atoms with E-state index in [-0.39, 0.29) is 5.72 Å². The highest BCUT2D eigenvalue weighted by Gasteiger charge is 2.43. The molecule has 1 aliphatic carbocycles. The zero-order valence-corrected chi connectivity index (χ0v) is 9.84. The lowest BCUT2D eigenvalue weighted by Crippen LogP contribution is -2.46. The van der Waals surface area contributed by atoms with Gasteiger partial charge in [-0.3, -0.25) is 0 Å². The van der Waals surface area contributed by atoms with E-state index in [1.807, 2.05) is 20.8 Å². The van der Waals surface area contributed by atoms with E-state index >= 15 is 0 Å². The summed E-state index contributed by atoms with van der Waals surface area (Å²) in [5.74, 6) is 1.01. The van der Waals surface area contributed by atoms with Crippen LogP contribution in [0.3, 0.4) is 0 Å². The van der Waals surface area contributed by atoms with Crippen LogP contribution >= 0.6 is 0 Å². The first-order chi connectivity index (χ1) is 6.75. The third-order valence-electron chi connectivity index (χ3n) is 3.08. The minimum Gasteiger partial charge on any atom is -0.365 e. The van der Waals surface area contributed by atoms with Crippen molar-refractivity contribution in [2.45, 2.75) is 58.6 Å². The minimum absolute atomic E-state index is 0.0671. The molecule has 3 nitrogen and oxygen atoms in total. The summed E-state index contributed by atoms with van der Waals surface area (Å²) >= 11 is 0. The second-order valence-electron chi connectivity index (χ2n) is 3.80. The molecular formula is C11H22N2O. The maximum atomic E-state index is 5.52. The van der Waals surface area contributed by atoms with Gasteiger partial charge in [-0.25, -0.2) is 0 Å². The summed E-state index contributed by atoms with van der Waals surface area (Å²) in [6.07, 6.45) is 6.15. The van der Waals surface area contributed by atoms with Gasteiger partial charge < -0.3 is 9.74 Å². The number of rotatable bonds is 0. The first-order valence-electron chi connectivity index (χ1n) is 5.71. The smallest absolute Gasteiger partial charge is 0.210 e. The van der Waals surface area contributed by atoms with Gasteiger partial charge in [0.25, 0.3) is 0 Å². The molecule has 2 aliphatic rings. The summed E-state index contributed by atoms with van der Waals surface area (Å²) in [6, 6.07) is 0. The minimum atomic E-state index is -0.0671. The zero-order chi connectivity index (χ0) is 10.6. The van der Waals surface area contributed by atoms with Crippen molar-refractivity contribution >= 4 is 5.84 Å². The van der Waals surface area contributed by atoms with E-state index in [2.05, 4.69) is 17.1 Å². The van der Waals surface area contributed by atoms with Crippen LogP contribution in [0, 0.1) is 0 Å². The first kappa shape index (κ1) is 11.3. The molecule has 0 saturated heterocycles. The van der Waals surface area contributed by atoms with Crippen LogP contribution in [0.25, 0.3) is 0 Å². The van der Waals surface area contributed by atoms with Gasteiger partial charge in [0.15, 0.2) is 0 Å². The van der Waals surface area contributed by atoms with Gasteiger partial charge in [-0.15, -0.1) is 0 Å². The highest BCUT2D eigenvalue weighted by molar-refractivity contribution is 5.80. The molecule has 3 heteroatoms. The van der Waals surface area contributed by atoms with Gasteiger partial charge in [-0.2, -0.15) is 0 Å². The van der Waals surface area contributed by atoms with Gasteiger partial charge in [-0.1, -0.05) is 25.4 Å². The number of amidine groups is 1. The van der Waals surface area contributed by atoms with Crippen molar-refractivity contribution < 1.29 is 4.84 Å². The van der Waals surface area contributed by atoms with E-state index in [1.54, 1.807) is 0 Å². The predicted octanol–water partition coefficient (Wildman–Crippen LogP) is 2.97. The lowest BCUT2D eigenvalue weighted by atomic mass is 9.91. The number of hydrogen-bond acceptors (Lipinski definition) is 3. The van der Waals surface area contributed by atoms with Crippen LogP contribution in [0.1, 0.15) is 52.9 Å². The molecule has 0 amide bonds. The molecule has 0 bridgehead atoms. The largest absolute Gasteiger partial charge is 0.365 e. The van der Waals surface area contributed by atoms with Gasteiger partial charge in [0, 0.05) is 19.9 Å². The Morgan fingerprint density at radius 1 is 1.21 bits per heavy atom. The summed E-state index contributed by atoms with van der Waals surface area (Å²) in [5.41, 5.74) is -0.0671. The third kappa shape index (κ3) is 1.86. The fourth-order valence-electron chi connectivity index (χ4n) is 2.10. The first-order valence-corrected chi connectivity index (χ1v) is 5.71. The molecule has 1 aliphatic heterocycles. The molecule has 0 aromatic rings. The second kappa shape index (κ2) is 4.67. The van der Waals surface area contributed by atoms with Crippen LogP contribution in [0.5, 0.6) is 0 Å². The molecule has 0 aromatic carbocycles. The van der Waals surface area contributed by atoms with Crippen LogP contribution in [-0.4, -0.2) is 23.5 Å². The summed E-state index contributed by atoms with van der Waals surface area (Å²) in [5, 5.41) is 4.04. The molecule has 0 atom stereocenters. The van der Waals surface area contributed by atoms with Crippen molar-refractivity contribution in [2.75, 3.05) is 7.05 Å². The molecule has 1 spiro atoms. The van der Waals surface area contributed by atoms with E-state index in [0.717, 1.165) is 18.7 Å². The summed E-state index contributed by atoms with van der Waals surface area (Å²) in [4.78, 5) is 7.71. The molecule has 0 aromatic heterocycles. The molecular weight excluding hydrogens is 176 g/mol. The van der Waals surface area contributed by atoms with Gasteiger partial charge in [0.05, 0.1) is 0 Å². The molecule has 1 fully saturated rings. The molecule has 1 heterocycles.